The van der Waals surface area contributed by atoms with Crippen molar-refractivity contribution in [1.29, 1.82) is 0 Å². The molecule has 0 saturated carbocycles. The standard InChI is InChI=1S/C14H13F2N/c1-9-3-4-11(7-10(9)2)17-12-5-6-13(15)14(16)8-12/h3-8,17H,1-2H3. The Morgan fingerprint density at radius 1 is 0.765 bits per heavy atom. The highest BCUT2D eigenvalue weighted by Gasteiger charge is 2.03. The van der Waals surface area contributed by atoms with Gasteiger partial charge in [0.25, 0.3) is 0 Å². The van der Waals surface area contributed by atoms with Crippen LogP contribution in [-0.2, 0) is 0 Å². The van der Waals surface area contributed by atoms with Crippen LogP contribution in [0, 0.1) is 25.5 Å². The Hall–Kier alpha value is -1.90. The molecule has 88 valence electrons. The SMILES string of the molecule is Cc1ccc(Nc2ccc(F)c(F)c2)cc1C. The highest BCUT2D eigenvalue weighted by Crippen LogP contribution is 2.21. The Labute approximate surface area is 99.1 Å². The Balaban J connectivity index is 2.25. The molecule has 0 radical (unpaired) electrons. The summed E-state index contributed by atoms with van der Waals surface area (Å²) < 4.78 is 25.8. The average Bonchev–Trinajstić information content (AvgIpc) is 2.29. The van der Waals surface area contributed by atoms with E-state index in [-0.39, 0.29) is 0 Å². The van der Waals surface area contributed by atoms with E-state index in [4.69, 9.17) is 0 Å². The summed E-state index contributed by atoms with van der Waals surface area (Å²) in [5.74, 6) is -1.69. The second kappa shape index (κ2) is 4.53. The maximum Gasteiger partial charge on any atom is 0.160 e. The first-order valence-corrected chi connectivity index (χ1v) is 5.35. The summed E-state index contributed by atoms with van der Waals surface area (Å²) >= 11 is 0. The Bertz CT molecular complexity index is 500. The average molecular weight is 233 g/mol. The van der Waals surface area contributed by atoms with Gasteiger partial charge in [-0.15, -0.1) is 0 Å². The first-order valence-electron chi connectivity index (χ1n) is 5.35. The normalized spacial score (nSPS) is 10.4. The largest absolute Gasteiger partial charge is 0.355 e. The summed E-state index contributed by atoms with van der Waals surface area (Å²) in [4.78, 5) is 0. The van der Waals surface area contributed by atoms with E-state index in [1.165, 1.54) is 11.6 Å². The number of hydrogen-bond donors (Lipinski definition) is 1. The van der Waals surface area contributed by atoms with Gasteiger partial charge in [0.05, 0.1) is 0 Å². The molecule has 0 spiro atoms. The number of benzene rings is 2. The van der Waals surface area contributed by atoms with Crippen molar-refractivity contribution in [3.63, 3.8) is 0 Å². The lowest BCUT2D eigenvalue weighted by molar-refractivity contribution is 0.509. The van der Waals surface area contributed by atoms with Crippen molar-refractivity contribution in [3.8, 4) is 0 Å². The minimum atomic E-state index is -0.848. The van der Waals surface area contributed by atoms with Gasteiger partial charge in [-0.05, 0) is 49.2 Å². The molecule has 0 fully saturated rings. The van der Waals surface area contributed by atoms with Crippen molar-refractivity contribution in [2.45, 2.75) is 13.8 Å². The molecule has 0 amide bonds. The number of rotatable bonds is 2. The molecule has 2 rings (SSSR count). The summed E-state index contributed by atoms with van der Waals surface area (Å²) in [6, 6.07) is 9.62. The number of anilines is 2. The van der Waals surface area contributed by atoms with Gasteiger partial charge in [0.15, 0.2) is 11.6 Å². The van der Waals surface area contributed by atoms with Crippen LogP contribution in [-0.4, -0.2) is 0 Å². The molecule has 2 aromatic carbocycles. The van der Waals surface area contributed by atoms with Crippen LogP contribution in [0.2, 0.25) is 0 Å². The zero-order chi connectivity index (χ0) is 12.4. The summed E-state index contributed by atoms with van der Waals surface area (Å²) in [7, 11) is 0. The smallest absolute Gasteiger partial charge is 0.160 e. The maximum absolute atomic E-state index is 13.0. The summed E-state index contributed by atoms with van der Waals surface area (Å²) in [5.41, 5.74) is 3.74. The molecule has 2 aromatic rings. The van der Waals surface area contributed by atoms with Crippen LogP contribution in [0.5, 0.6) is 0 Å². The molecular weight excluding hydrogens is 220 g/mol. The topological polar surface area (TPSA) is 12.0 Å². The van der Waals surface area contributed by atoms with E-state index < -0.39 is 11.6 Å². The van der Waals surface area contributed by atoms with Gasteiger partial charge in [0.2, 0.25) is 0 Å². The Morgan fingerprint density at radius 2 is 1.41 bits per heavy atom. The van der Waals surface area contributed by atoms with Crippen LogP contribution < -0.4 is 5.32 Å². The van der Waals surface area contributed by atoms with Gasteiger partial charge in [-0.1, -0.05) is 6.07 Å². The number of hydrogen-bond acceptors (Lipinski definition) is 1. The lowest BCUT2D eigenvalue weighted by Gasteiger charge is -2.09. The third kappa shape index (κ3) is 2.61. The minimum Gasteiger partial charge on any atom is -0.355 e. The molecule has 0 aliphatic rings. The molecule has 1 nitrogen and oxygen atoms in total. The number of halogens is 2. The molecule has 0 bridgehead atoms. The van der Waals surface area contributed by atoms with E-state index in [2.05, 4.69) is 5.32 Å². The lowest BCUT2D eigenvalue weighted by Crippen LogP contribution is -1.93. The van der Waals surface area contributed by atoms with Crippen LogP contribution in [0.1, 0.15) is 11.1 Å². The van der Waals surface area contributed by atoms with E-state index >= 15 is 0 Å². The Morgan fingerprint density at radius 3 is 2.06 bits per heavy atom. The van der Waals surface area contributed by atoms with E-state index in [0.29, 0.717) is 5.69 Å². The fourth-order valence-electron chi connectivity index (χ4n) is 1.56. The third-order valence-electron chi connectivity index (χ3n) is 2.72. The summed E-state index contributed by atoms with van der Waals surface area (Å²) in [6.07, 6.45) is 0. The van der Waals surface area contributed by atoms with Crippen LogP contribution in [0.3, 0.4) is 0 Å². The van der Waals surface area contributed by atoms with Gasteiger partial charge < -0.3 is 5.32 Å². The molecule has 17 heavy (non-hydrogen) atoms. The summed E-state index contributed by atoms with van der Waals surface area (Å²) in [6.45, 7) is 4.03. The van der Waals surface area contributed by atoms with Crippen LogP contribution in [0.4, 0.5) is 20.2 Å². The zero-order valence-electron chi connectivity index (χ0n) is 9.72. The predicted molar refractivity (Wildman–Crippen MR) is 65.6 cm³/mol. The van der Waals surface area contributed by atoms with Gasteiger partial charge in [0, 0.05) is 17.4 Å². The fourth-order valence-corrected chi connectivity index (χ4v) is 1.56. The molecule has 0 aromatic heterocycles. The second-order valence-corrected chi connectivity index (χ2v) is 4.05. The minimum absolute atomic E-state index is 0.534. The Kier molecular flexibility index (Phi) is 3.09. The van der Waals surface area contributed by atoms with Crippen molar-refractivity contribution in [1.82, 2.24) is 0 Å². The van der Waals surface area contributed by atoms with Crippen molar-refractivity contribution in [2.75, 3.05) is 5.32 Å². The molecule has 0 atom stereocenters. The van der Waals surface area contributed by atoms with Crippen molar-refractivity contribution >= 4 is 11.4 Å². The fraction of sp³-hybridized carbons (Fsp3) is 0.143. The molecule has 0 unspecified atom stereocenters. The van der Waals surface area contributed by atoms with E-state index in [1.54, 1.807) is 0 Å². The first-order chi connectivity index (χ1) is 8.06. The zero-order valence-corrected chi connectivity index (χ0v) is 9.72. The van der Waals surface area contributed by atoms with E-state index in [1.807, 2.05) is 32.0 Å². The van der Waals surface area contributed by atoms with Crippen molar-refractivity contribution in [2.24, 2.45) is 0 Å². The molecule has 0 aliphatic heterocycles. The van der Waals surface area contributed by atoms with Crippen LogP contribution >= 0.6 is 0 Å². The van der Waals surface area contributed by atoms with E-state index in [9.17, 15) is 8.78 Å². The highest BCUT2D eigenvalue weighted by molar-refractivity contribution is 5.60. The predicted octanol–water partition coefficient (Wildman–Crippen LogP) is 4.33. The molecule has 0 saturated heterocycles. The van der Waals surface area contributed by atoms with Crippen molar-refractivity contribution < 1.29 is 8.78 Å². The molecule has 1 N–H and O–H groups in total. The van der Waals surface area contributed by atoms with Crippen LogP contribution in [0.15, 0.2) is 36.4 Å². The molecular formula is C14H13F2N. The van der Waals surface area contributed by atoms with Gasteiger partial charge >= 0.3 is 0 Å². The molecule has 0 aliphatic carbocycles. The second-order valence-electron chi connectivity index (χ2n) is 4.05. The lowest BCUT2D eigenvalue weighted by atomic mass is 10.1. The van der Waals surface area contributed by atoms with Gasteiger partial charge in [-0.2, -0.15) is 0 Å². The third-order valence-corrected chi connectivity index (χ3v) is 2.72. The van der Waals surface area contributed by atoms with E-state index in [0.717, 1.165) is 23.4 Å². The van der Waals surface area contributed by atoms with Crippen molar-refractivity contribution in [3.05, 3.63) is 59.2 Å². The van der Waals surface area contributed by atoms with Gasteiger partial charge in [-0.25, -0.2) is 8.78 Å². The van der Waals surface area contributed by atoms with Gasteiger partial charge in [-0.3, -0.25) is 0 Å². The number of nitrogens with one attached hydrogen (secondary N) is 1. The van der Waals surface area contributed by atoms with Crippen LogP contribution in [0.25, 0.3) is 0 Å². The summed E-state index contributed by atoms with van der Waals surface area (Å²) in [5, 5.41) is 3.03. The highest BCUT2D eigenvalue weighted by atomic mass is 19.2. The maximum atomic E-state index is 13.0. The molecule has 3 heteroatoms. The monoisotopic (exact) mass is 233 g/mol. The van der Waals surface area contributed by atoms with Gasteiger partial charge in [0.1, 0.15) is 0 Å². The first kappa shape index (κ1) is 11.6. The number of aryl methyl sites for hydroxylation is 2. The molecule has 0 heterocycles. The quantitative estimate of drug-likeness (QED) is 0.814.